The number of amides is 3. The van der Waals surface area contributed by atoms with Crippen molar-refractivity contribution in [2.45, 2.75) is 18.2 Å². The van der Waals surface area contributed by atoms with Crippen LogP contribution in [0.4, 0.5) is 4.79 Å². The van der Waals surface area contributed by atoms with Gasteiger partial charge in [0.25, 0.3) is 0 Å². The number of urea groups is 1. The second-order valence-electron chi connectivity index (χ2n) is 5.77. The Morgan fingerprint density at radius 2 is 1.62 bits per heavy atom. The van der Waals surface area contributed by atoms with Gasteiger partial charge in [0.2, 0.25) is 5.91 Å². The van der Waals surface area contributed by atoms with Gasteiger partial charge >= 0.3 is 6.03 Å². The summed E-state index contributed by atoms with van der Waals surface area (Å²) in [6.07, 6.45) is 0.167. The Morgan fingerprint density at radius 1 is 0.923 bits per heavy atom. The van der Waals surface area contributed by atoms with Crippen molar-refractivity contribution in [1.82, 2.24) is 9.62 Å². The van der Waals surface area contributed by atoms with Crippen molar-refractivity contribution in [1.29, 1.82) is 0 Å². The number of carbonyl (C=O) groups is 2. The lowest BCUT2D eigenvalue weighted by atomic mass is 10.0. The summed E-state index contributed by atoms with van der Waals surface area (Å²) in [6, 6.07) is 23.0. The molecular weight excluding hydrogens is 344 g/mol. The maximum Gasteiger partial charge on any atom is 0.334 e. The highest BCUT2D eigenvalue weighted by atomic mass is 32.2. The first-order chi connectivity index (χ1) is 12.7. The molecule has 0 atom stereocenters. The zero-order valence-electron chi connectivity index (χ0n) is 14.5. The predicted molar refractivity (Wildman–Crippen MR) is 106 cm³/mol. The summed E-state index contributed by atoms with van der Waals surface area (Å²) in [5, 5.41) is 4.61. The van der Waals surface area contributed by atoms with Crippen LogP contribution in [0.2, 0.25) is 0 Å². The number of hydrogen-bond acceptors (Lipinski definition) is 3. The largest absolute Gasteiger partial charge is 0.334 e. The number of rotatable bonds is 5. The number of nitrogens with zero attached hydrogens (tertiary/aromatic N) is 1. The van der Waals surface area contributed by atoms with E-state index in [-0.39, 0.29) is 12.3 Å². The molecule has 0 unspecified atom stereocenters. The van der Waals surface area contributed by atoms with Gasteiger partial charge in [0.1, 0.15) is 0 Å². The van der Waals surface area contributed by atoms with E-state index in [4.69, 9.17) is 0 Å². The normalized spacial score (nSPS) is 10.5. The molecular formula is C21H20N2O2S. The van der Waals surface area contributed by atoms with Crippen LogP contribution < -0.4 is 5.32 Å². The third-order valence-electron chi connectivity index (χ3n) is 3.95. The zero-order valence-corrected chi connectivity index (χ0v) is 15.3. The standard InChI is InChI=1S/C21H20N2O2S/c1-2-23(26-18-12-4-3-5-13-18)21(25)22-20(24)15-17-11-8-10-16-9-6-7-14-19(16)17/h3-14H,2,15H2,1H3,(H,22,24,25). The summed E-state index contributed by atoms with van der Waals surface area (Å²) in [7, 11) is 0. The van der Waals surface area contributed by atoms with E-state index in [0.717, 1.165) is 21.2 Å². The second kappa shape index (κ2) is 8.54. The van der Waals surface area contributed by atoms with Gasteiger partial charge < -0.3 is 0 Å². The molecule has 0 saturated heterocycles. The minimum atomic E-state index is -0.397. The van der Waals surface area contributed by atoms with Crippen LogP contribution in [0.3, 0.4) is 0 Å². The minimum absolute atomic E-state index is 0.167. The monoisotopic (exact) mass is 364 g/mol. The molecule has 0 aliphatic rings. The van der Waals surface area contributed by atoms with E-state index in [0.29, 0.717) is 6.54 Å². The smallest absolute Gasteiger partial charge is 0.277 e. The fourth-order valence-corrected chi connectivity index (χ4v) is 3.49. The highest BCUT2D eigenvalue weighted by molar-refractivity contribution is 7.97. The van der Waals surface area contributed by atoms with E-state index in [1.165, 1.54) is 16.3 Å². The molecule has 1 N–H and O–H groups in total. The lowest BCUT2D eigenvalue weighted by molar-refractivity contribution is -0.119. The molecule has 0 heterocycles. The van der Waals surface area contributed by atoms with Crippen molar-refractivity contribution >= 4 is 34.7 Å². The SMILES string of the molecule is CCN(Sc1ccccc1)C(=O)NC(=O)Cc1cccc2ccccc12. The first kappa shape index (κ1) is 18.0. The van der Waals surface area contributed by atoms with E-state index in [9.17, 15) is 9.59 Å². The average Bonchev–Trinajstić information content (AvgIpc) is 2.67. The summed E-state index contributed by atoms with van der Waals surface area (Å²) in [5.41, 5.74) is 0.909. The maximum absolute atomic E-state index is 12.4. The molecule has 3 rings (SSSR count). The topological polar surface area (TPSA) is 49.4 Å². The van der Waals surface area contributed by atoms with E-state index < -0.39 is 6.03 Å². The molecule has 0 bridgehead atoms. The van der Waals surface area contributed by atoms with E-state index in [1.54, 1.807) is 0 Å². The van der Waals surface area contributed by atoms with Gasteiger partial charge in [-0.05, 0) is 47.3 Å². The molecule has 0 radical (unpaired) electrons. The van der Waals surface area contributed by atoms with Crippen molar-refractivity contribution < 1.29 is 9.59 Å². The second-order valence-corrected chi connectivity index (χ2v) is 6.86. The van der Waals surface area contributed by atoms with Crippen LogP contribution in [-0.4, -0.2) is 22.8 Å². The van der Waals surface area contributed by atoms with Gasteiger partial charge in [-0.25, -0.2) is 4.79 Å². The minimum Gasteiger partial charge on any atom is -0.277 e. The Kier molecular flexibility index (Phi) is 5.92. The quantitative estimate of drug-likeness (QED) is 0.671. The molecule has 132 valence electrons. The Morgan fingerprint density at radius 3 is 2.38 bits per heavy atom. The molecule has 5 heteroatoms. The van der Waals surface area contributed by atoms with Gasteiger partial charge in [-0.15, -0.1) is 0 Å². The van der Waals surface area contributed by atoms with Crippen molar-refractivity contribution in [3.8, 4) is 0 Å². The Hall–Kier alpha value is -2.79. The van der Waals surface area contributed by atoms with Gasteiger partial charge in [0.05, 0.1) is 6.42 Å². The van der Waals surface area contributed by atoms with Crippen LogP contribution in [0.15, 0.2) is 77.7 Å². The van der Waals surface area contributed by atoms with Crippen LogP contribution in [0, 0.1) is 0 Å². The molecule has 0 aromatic heterocycles. The van der Waals surface area contributed by atoms with Gasteiger partial charge in [0, 0.05) is 11.4 Å². The lowest BCUT2D eigenvalue weighted by Gasteiger charge is -2.19. The van der Waals surface area contributed by atoms with Gasteiger partial charge in [0.15, 0.2) is 0 Å². The Bertz CT molecular complexity index is 907. The molecule has 0 fully saturated rings. The average molecular weight is 364 g/mol. The van der Waals surface area contributed by atoms with Crippen LogP contribution in [0.5, 0.6) is 0 Å². The van der Waals surface area contributed by atoms with E-state index in [2.05, 4.69) is 5.32 Å². The highest BCUT2D eigenvalue weighted by Gasteiger charge is 2.17. The van der Waals surface area contributed by atoms with E-state index in [1.807, 2.05) is 79.7 Å². The molecule has 0 saturated carbocycles. The summed E-state index contributed by atoms with van der Waals surface area (Å²) >= 11 is 1.32. The van der Waals surface area contributed by atoms with Crippen LogP contribution in [0.25, 0.3) is 10.8 Å². The summed E-state index contributed by atoms with van der Waals surface area (Å²) in [5.74, 6) is -0.307. The number of fused-ring (bicyclic) bond motifs is 1. The summed E-state index contributed by atoms with van der Waals surface area (Å²) in [4.78, 5) is 25.7. The van der Waals surface area contributed by atoms with Crippen molar-refractivity contribution in [3.63, 3.8) is 0 Å². The Labute approximate surface area is 157 Å². The Balaban J connectivity index is 1.65. The maximum atomic E-state index is 12.4. The van der Waals surface area contributed by atoms with Gasteiger partial charge in [-0.2, -0.15) is 0 Å². The van der Waals surface area contributed by atoms with Crippen LogP contribution in [0.1, 0.15) is 12.5 Å². The lowest BCUT2D eigenvalue weighted by Crippen LogP contribution is -2.40. The first-order valence-electron chi connectivity index (χ1n) is 8.48. The van der Waals surface area contributed by atoms with E-state index >= 15 is 0 Å². The zero-order chi connectivity index (χ0) is 18.4. The first-order valence-corrected chi connectivity index (χ1v) is 9.25. The number of imide groups is 1. The molecule has 4 nitrogen and oxygen atoms in total. The molecule has 26 heavy (non-hydrogen) atoms. The molecule has 0 aliphatic carbocycles. The van der Waals surface area contributed by atoms with Crippen molar-refractivity contribution in [3.05, 3.63) is 78.4 Å². The molecule has 3 amide bonds. The van der Waals surface area contributed by atoms with Crippen molar-refractivity contribution in [2.24, 2.45) is 0 Å². The third kappa shape index (κ3) is 4.43. The third-order valence-corrected chi connectivity index (χ3v) is 5.08. The summed E-state index contributed by atoms with van der Waals surface area (Å²) < 4.78 is 1.54. The molecule has 0 aliphatic heterocycles. The highest BCUT2D eigenvalue weighted by Crippen LogP contribution is 2.22. The van der Waals surface area contributed by atoms with Gasteiger partial charge in [-0.1, -0.05) is 60.7 Å². The molecule has 0 spiro atoms. The van der Waals surface area contributed by atoms with Crippen LogP contribution in [-0.2, 0) is 11.2 Å². The number of benzene rings is 3. The molecule has 3 aromatic carbocycles. The predicted octanol–water partition coefficient (Wildman–Crippen LogP) is 4.65. The number of nitrogens with one attached hydrogen (secondary N) is 1. The fourth-order valence-electron chi connectivity index (χ4n) is 2.70. The number of hydrogen-bond donors (Lipinski definition) is 1. The van der Waals surface area contributed by atoms with Crippen LogP contribution >= 0.6 is 11.9 Å². The fraction of sp³-hybridized carbons (Fsp3) is 0.143. The summed E-state index contributed by atoms with van der Waals surface area (Å²) in [6.45, 7) is 2.37. The van der Waals surface area contributed by atoms with Gasteiger partial charge in [-0.3, -0.25) is 14.4 Å². The number of carbonyl (C=O) groups excluding carboxylic acids is 2. The van der Waals surface area contributed by atoms with Crippen molar-refractivity contribution in [2.75, 3.05) is 6.54 Å². The molecule has 3 aromatic rings.